The molecule has 0 aromatic carbocycles. The lowest BCUT2D eigenvalue weighted by Crippen LogP contribution is -2.32. The van der Waals surface area contributed by atoms with Crippen molar-refractivity contribution in [2.45, 2.75) is 46.6 Å². The third-order valence-electron chi connectivity index (χ3n) is 3.41. The minimum atomic E-state index is 0.390. The summed E-state index contributed by atoms with van der Waals surface area (Å²) in [6.07, 6.45) is 2.37. The normalized spacial score (nSPS) is 16.7. The van der Waals surface area contributed by atoms with E-state index in [0.717, 1.165) is 13.0 Å². The van der Waals surface area contributed by atoms with E-state index in [1.165, 1.54) is 6.42 Å². The molecule has 0 spiro atoms. The molecule has 0 saturated heterocycles. The molecule has 2 nitrogen and oxygen atoms in total. The molecule has 0 rings (SSSR count). The van der Waals surface area contributed by atoms with Crippen molar-refractivity contribution in [3.8, 4) is 0 Å². The molecule has 0 saturated carbocycles. The first kappa shape index (κ1) is 13.9. The van der Waals surface area contributed by atoms with Gasteiger partial charge in [0.2, 0.25) is 0 Å². The average molecular weight is 201 g/mol. The van der Waals surface area contributed by atoms with Crippen LogP contribution in [-0.4, -0.2) is 26.8 Å². The van der Waals surface area contributed by atoms with E-state index in [9.17, 15) is 0 Å². The summed E-state index contributed by atoms with van der Waals surface area (Å²) in [6.45, 7) is 10.1. The topological polar surface area (TPSA) is 21.3 Å². The Morgan fingerprint density at radius 3 is 2.29 bits per heavy atom. The van der Waals surface area contributed by atoms with Gasteiger partial charge in [-0.1, -0.05) is 20.8 Å². The molecule has 0 fully saturated rings. The number of methoxy groups -OCH3 is 1. The fourth-order valence-corrected chi connectivity index (χ4v) is 1.78. The fraction of sp³-hybridized carbons (Fsp3) is 1.00. The number of hydrogen-bond donors (Lipinski definition) is 1. The van der Waals surface area contributed by atoms with E-state index in [4.69, 9.17) is 4.74 Å². The zero-order valence-corrected chi connectivity index (χ0v) is 10.7. The van der Waals surface area contributed by atoms with Crippen molar-refractivity contribution in [3.05, 3.63) is 0 Å². The zero-order chi connectivity index (χ0) is 11.2. The van der Waals surface area contributed by atoms with Crippen LogP contribution in [-0.2, 0) is 4.74 Å². The molecule has 0 amide bonds. The van der Waals surface area contributed by atoms with Gasteiger partial charge in [-0.05, 0) is 38.1 Å². The predicted octanol–water partition coefficient (Wildman–Crippen LogP) is 2.68. The summed E-state index contributed by atoms with van der Waals surface area (Å²) in [6, 6.07) is 0.593. The van der Waals surface area contributed by atoms with Crippen LogP contribution >= 0.6 is 0 Å². The van der Waals surface area contributed by atoms with Crippen LogP contribution in [0.15, 0.2) is 0 Å². The SMILES string of the molecule is CNC(C)CC(C)(C)C(C)CCOC. The van der Waals surface area contributed by atoms with Gasteiger partial charge in [0.1, 0.15) is 0 Å². The Morgan fingerprint density at radius 2 is 1.86 bits per heavy atom. The lowest BCUT2D eigenvalue weighted by molar-refractivity contribution is 0.124. The largest absolute Gasteiger partial charge is 0.385 e. The van der Waals surface area contributed by atoms with E-state index in [1.807, 2.05) is 7.05 Å². The lowest BCUT2D eigenvalue weighted by Gasteiger charge is -2.34. The van der Waals surface area contributed by atoms with E-state index >= 15 is 0 Å². The van der Waals surface area contributed by atoms with Crippen molar-refractivity contribution < 1.29 is 4.74 Å². The molecule has 14 heavy (non-hydrogen) atoms. The van der Waals surface area contributed by atoms with Crippen molar-refractivity contribution in [2.24, 2.45) is 11.3 Å². The molecule has 0 aliphatic carbocycles. The number of rotatable bonds is 7. The molecular formula is C12H27NO. The molecule has 0 aliphatic heterocycles. The fourth-order valence-electron chi connectivity index (χ4n) is 1.78. The van der Waals surface area contributed by atoms with Gasteiger partial charge >= 0.3 is 0 Å². The van der Waals surface area contributed by atoms with Gasteiger partial charge in [-0.15, -0.1) is 0 Å². The predicted molar refractivity (Wildman–Crippen MR) is 62.6 cm³/mol. The van der Waals surface area contributed by atoms with Crippen molar-refractivity contribution in [1.82, 2.24) is 5.32 Å². The summed E-state index contributed by atoms with van der Waals surface area (Å²) in [5.41, 5.74) is 0.390. The molecule has 2 atom stereocenters. The van der Waals surface area contributed by atoms with Gasteiger partial charge in [-0.25, -0.2) is 0 Å². The van der Waals surface area contributed by atoms with Gasteiger partial charge in [0.05, 0.1) is 0 Å². The monoisotopic (exact) mass is 201 g/mol. The molecule has 2 heteroatoms. The first-order chi connectivity index (χ1) is 6.44. The Balaban J connectivity index is 4.01. The summed E-state index contributed by atoms with van der Waals surface area (Å²) >= 11 is 0. The summed E-state index contributed by atoms with van der Waals surface area (Å²) in [5, 5.41) is 3.30. The van der Waals surface area contributed by atoms with Gasteiger partial charge in [-0.3, -0.25) is 0 Å². The lowest BCUT2D eigenvalue weighted by atomic mass is 9.74. The molecule has 86 valence electrons. The van der Waals surface area contributed by atoms with Crippen LogP contribution in [0, 0.1) is 11.3 Å². The highest BCUT2D eigenvalue weighted by Crippen LogP contribution is 2.33. The molecule has 0 radical (unpaired) electrons. The van der Waals surface area contributed by atoms with Gasteiger partial charge in [0.25, 0.3) is 0 Å². The van der Waals surface area contributed by atoms with Crippen molar-refractivity contribution >= 4 is 0 Å². The molecule has 0 aromatic heterocycles. The number of hydrogen-bond acceptors (Lipinski definition) is 2. The Bertz CT molecular complexity index is 145. The van der Waals surface area contributed by atoms with Crippen molar-refractivity contribution in [3.63, 3.8) is 0 Å². The van der Waals surface area contributed by atoms with Crippen LogP contribution in [0.1, 0.15) is 40.5 Å². The number of ether oxygens (including phenoxy) is 1. The third kappa shape index (κ3) is 4.97. The highest BCUT2D eigenvalue weighted by Gasteiger charge is 2.26. The Morgan fingerprint density at radius 1 is 1.29 bits per heavy atom. The molecular weight excluding hydrogens is 174 g/mol. The summed E-state index contributed by atoms with van der Waals surface area (Å²) in [7, 11) is 3.80. The minimum absolute atomic E-state index is 0.390. The molecule has 0 aliphatic rings. The summed E-state index contributed by atoms with van der Waals surface area (Å²) in [5.74, 6) is 0.707. The van der Waals surface area contributed by atoms with Crippen LogP contribution in [0.5, 0.6) is 0 Å². The van der Waals surface area contributed by atoms with Gasteiger partial charge in [-0.2, -0.15) is 0 Å². The Labute approximate surface area is 89.4 Å². The second-order valence-electron chi connectivity index (χ2n) is 5.06. The number of nitrogens with one attached hydrogen (secondary N) is 1. The maximum atomic E-state index is 5.12. The van der Waals surface area contributed by atoms with E-state index in [1.54, 1.807) is 7.11 Å². The first-order valence-electron chi connectivity index (χ1n) is 5.60. The van der Waals surface area contributed by atoms with Gasteiger partial charge in [0, 0.05) is 19.8 Å². The van der Waals surface area contributed by atoms with Crippen LogP contribution in [0.4, 0.5) is 0 Å². The maximum Gasteiger partial charge on any atom is 0.0465 e. The van der Waals surface area contributed by atoms with E-state index in [2.05, 4.69) is 33.0 Å². The second-order valence-corrected chi connectivity index (χ2v) is 5.06. The van der Waals surface area contributed by atoms with Crippen molar-refractivity contribution in [2.75, 3.05) is 20.8 Å². The van der Waals surface area contributed by atoms with Crippen LogP contribution in [0.3, 0.4) is 0 Å². The van der Waals surface area contributed by atoms with Crippen LogP contribution in [0.25, 0.3) is 0 Å². The summed E-state index contributed by atoms with van der Waals surface area (Å²) in [4.78, 5) is 0. The minimum Gasteiger partial charge on any atom is -0.385 e. The second kappa shape index (κ2) is 6.41. The average Bonchev–Trinajstić information content (AvgIpc) is 2.13. The molecule has 1 N–H and O–H groups in total. The molecule has 2 unspecified atom stereocenters. The maximum absolute atomic E-state index is 5.12. The third-order valence-corrected chi connectivity index (χ3v) is 3.41. The zero-order valence-electron chi connectivity index (χ0n) is 10.7. The highest BCUT2D eigenvalue weighted by atomic mass is 16.5. The molecule has 0 heterocycles. The first-order valence-corrected chi connectivity index (χ1v) is 5.60. The van der Waals surface area contributed by atoms with Gasteiger partial charge in [0.15, 0.2) is 0 Å². The van der Waals surface area contributed by atoms with Crippen molar-refractivity contribution in [1.29, 1.82) is 0 Å². The van der Waals surface area contributed by atoms with E-state index < -0.39 is 0 Å². The standard InChI is InChI=1S/C12H27NO/c1-10(7-8-14-6)12(3,4)9-11(2)13-5/h10-11,13H,7-9H2,1-6H3. The Hall–Kier alpha value is -0.0800. The van der Waals surface area contributed by atoms with Crippen LogP contribution < -0.4 is 5.32 Å². The molecule has 0 bridgehead atoms. The van der Waals surface area contributed by atoms with E-state index in [0.29, 0.717) is 17.4 Å². The van der Waals surface area contributed by atoms with E-state index in [-0.39, 0.29) is 0 Å². The van der Waals surface area contributed by atoms with Gasteiger partial charge < -0.3 is 10.1 Å². The van der Waals surface area contributed by atoms with Crippen LogP contribution in [0.2, 0.25) is 0 Å². The summed E-state index contributed by atoms with van der Waals surface area (Å²) < 4.78 is 5.12. The Kier molecular flexibility index (Phi) is 6.38. The quantitative estimate of drug-likeness (QED) is 0.684. The molecule has 0 aromatic rings. The highest BCUT2D eigenvalue weighted by molar-refractivity contribution is 4.79. The smallest absolute Gasteiger partial charge is 0.0465 e.